The molecule has 24 heavy (non-hydrogen) atoms. The predicted octanol–water partition coefficient (Wildman–Crippen LogP) is 2.07. The number of piperazine rings is 1. The Hall–Kier alpha value is -1.37. The Morgan fingerprint density at radius 1 is 1.38 bits per heavy atom. The average Bonchev–Trinajstić information content (AvgIpc) is 2.91. The molecule has 2 aliphatic heterocycles. The Bertz CT molecular complexity index is 644. The van der Waals surface area contributed by atoms with Crippen LogP contribution in [0.15, 0.2) is 18.2 Å². The first-order valence-corrected chi connectivity index (χ1v) is 8.11. The molecule has 1 unspecified atom stereocenters. The molecule has 5 nitrogen and oxygen atoms in total. The van der Waals surface area contributed by atoms with Gasteiger partial charge in [-0.25, -0.2) is 4.39 Å². The summed E-state index contributed by atoms with van der Waals surface area (Å²) in [5.74, 6) is -1.09. The minimum absolute atomic E-state index is 0. The number of carbonyl (C=O) groups is 2. The number of amides is 2. The molecular weight excluding hydrogens is 356 g/mol. The van der Waals surface area contributed by atoms with Gasteiger partial charge < -0.3 is 15.1 Å². The van der Waals surface area contributed by atoms with Crippen LogP contribution in [0.25, 0.3) is 0 Å². The molecule has 0 saturated carbocycles. The van der Waals surface area contributed by atoms with Crippen LogP contribution < -0.4 is 10.2 Å². The normalized spacial score (nSPS) is 24.0. The molecule has 1 N–H and O–H groups in total. The molecule has 2 saturated heterocycles. The van der Waals surface area contributed by atoms with Gasteiger partial charge >= 0.3 is 0 Å². The van der Waals surface area contributed by atoms with E-state index in [0.717, 1.165) is 6.54 Å². The van der Waals surface area contributed by atoms with Gasteiger partial charge in [0.1, 0.15) is 5.82 Å². The molecular formula is C16H20Cl2FN3O2. The minimum Gasteiger partial charge on any atom is -0.340 e. The molecule has 2 heterocycles. The minimum atomic E-state index is -0.567. The summed E-state index contributed by atoms with van der Waals surface area (Å²) in [4.78, 5) is 28.1. The van der Waals surface area contributed by atoms with Crippen LogP contribution in [0.2, 0.25) is 5.02 Å². The molecule has 3 rings (SSSR count). The Morgan fingerprint density at radius 2 is 2.12 bits per heavy atom. The monoisotopic (exact) mass is 375 g/mol. The summed E-state index contributed by atoms with van der Waals surface area (Å²) >= 11 is 5.67. The van der Waals surface area contributed by atoms with Crippen molar-refractivity contribution in [2.45, 2.75) is 19.4 Å². The lowest BCUT2D eigenvalue weighted by atomic mass is 10.1. The lowest BCUT2D eigenvalue weighted by Gasteiger charge is -2.33. The Balaban J connectivity index is 0.00000208. The largest absolute Gasteiger partial charge is 0.340 e. The van der Waals surface area contributed by atoms with Crippen molar-refractivity contribution in [2.75, 3.05) is 31.1 Å². The van der Waals surface area contributed by atoms with Crippen molar-refractivity contribution >= 4 is 41.5 Å². The maximum Gasteiger partial charge on any atom is 0.228 e. The van der Waals surface area contributed by atoms with Gasteiger partial charge in [0.15, 0.2) is 0 Å². The Kier molecular flexibility index (Phi) is 6.06. The molecule has 2 amide bonds. The molecule has 2 atom stereocenters. The zero-order valence-corrected chi connectivity index (χ0v) is 14.9. The van der Waals surface area contributed by atoms with Gasteiger partial charge in [0, 0.05) is 44.3 Å². The van der Waals surface area contributed by atoms with Gasteiger partial charge in [-0.3, -0.25) is 9.59 Å². The summed E-state index contributed by atoms with van der Waals surface area (Å²) in [5.41, 5.74) is 0.445. The summed E-state index contributed by atoms with van der Waals surface area (Å²) in [6, 6.07) is 4.52. The second kappa shape index (κ2) is 7.68. The molecule has 0 radical (unpaired) electrons. The summed E-state index contributed by atoms with van der Waals surface area (Å²) in [6.45, 7) is 4.39. The molecule has 0 spiro atoms. The molecule has 2 fully saturated rings. The SMILES string of the molecule is C[C@@H]1CN(C(=O)C2CC(=O)N(c3ccc(Cl)c(F)c3)C2)CCN1.Cl. The number of hydrogen-bond acceptors (Lipinski definition) is 3. The molecule has 1 aromatic rings. The fourth-order valence-electron chi connectivity index (χ4n) is 3.17. The summed E-state index contributed by atoms with van der Waals surface area (Å²) < 4.78 is 13.6. The lowest BCUT2D eigenvalue weighted by Crippen LogP contribution is -2.53. The highest BCUT2D eigenvalue weighted by molar-refractivity contribution is 6.30. The highest BCUT2D eigenvalue weighted by atomic mass is 35.5. The maximum atomic E-state index is 13.6. The number of benzene rings is 1. The van der Waals surface area contributed by atoms with Gasteiger partial charge in [-0.1, -0.05) is 11.6 Å². The number of carbonyl (C=O) groups excluding carboxylic acids is 2. The van der Waals surface area contributed by atoms with Crippen LogP contribution in [-0.4, -0.2) is 48.9 Å². The summed E-state index contributed by atoms with van der Waals surface area (Å²) in [6.07, 6.45) is 0.168. The van der Waals surface area contributed by atoms with Gasteiger partial charge in [0.2, 0.25) is 11.8 Å². The maximum absolute atomic E-state index is 13.6. The molecule has 2 aliphatic rings. The van der Waals surface area contributed by atoms with E-state index in [2.05, 4.69) is 5.32 Å². The van der Waals surface area contributed by atoms with Gasteiger partial charge in [0.05, 0.1) is 10.9 Å². The zero-order valence-electron chi connectivity index (χ0n) is 13.3. The fraction of sp³-hybridized carbons (Fsp3) is 0.500. The van der Waals surface area contributed by atoms with Crippen LogP contribution in [-0.2, 0) is 9.59 Å². The molecule has 8 heteroatoms. The standard InChI is InChI=1S/C16H19ClFN3O2.ClH/c1-10-8-20(5-4-19-10)16(23)11-6-15(22)21(9-11)12-2-3-13(17)14(18)7-12;/h2-3,7,10-11,19H,4-6,8-9H2,1H3;1H/t10-,11?;/m1./s1. The van der Waals surface area contributed by atoms with E-state index >= 15 is 0 Å². The van der Waals surface area contributed by atoms with Crippen LogP contribution in [0.4, 0.5) is 10.1 Å². The average molecular weight is 376 g/mol. The number of nitrogens with zero attached hydrogens (tertiary/aromatic N) is 2. The van der Waals surface area contributed by atoms with E-state index in [1.54, 1.807) is 6.07 Å². The van der Waals surface area contributed by atoms with Crippen LogP contribution in [0.5, 0.6) is 0 Å². The van der Waals surface area contributed by atoms with E-state index in [9.17, 15) is 14.0 Å². The van der Waals surface area contributed by atoms with Crippen LogP contribution in [0, 0.1) is 11.7 Å². The lowest BCUT2D eigenvalue weighted by molar-refractivity contribution is -0.136. The van der Waals surface area contributed by atoms with Crippen molar-refractivity contribution in [3.63, 3.8) is 0 Å². The zero-order chi connectivity index (χ0) is 16.6. The topological polar surface area (TPSA) is 52.7 Å². The van der Waals surface area contributed by atoms with Crippen molar-refractivity contribution in [3.05, 3.63) is 29.0 Å². The first kappa shape index (κ1) is 19.0. The first-order valence-electron chi connectivity index (χ1n) is 7.73. The van der Waals surface area contributed by atoms with Gasteiger partial charge in [-0.15, -0.1) is 12.4 Å². The van der Waals surface area contributed by atoms with Crippen LogP contribution in [0.3, 0.4) is 0 Å². The number of rotatable bonds is 2. The van der Waals surface area contributed by atoms with E-state index in [1.165, 1.54) is 17.0 Å². The number of hydrogen-bond donors (Lipinski definition) is 1. The second-order valence-electron chi connectivity index (χ2n) is 6.14. The van der Waals surface area contributed by atoms with Crippen molar-refractivity contribution in [1.82, 2.24) is 10.2 Å². The third kappa shape index (κ3) is 3.82. The molecule has 0 bridgehead atoms. The highest BCUT2D eigenvalue weighted by Crippen LogP contribution is 2.29. The first-order chi connectivity index (χ1) is 11.0. The third-order valence-electron chi connectivity index (χ3n) is 4.37. The van der Waals surface area contributed by atoms with Crippen molar-refractivity contribution in [1.29, 1.82) is 0 Å². The van der Waals surface area contributed by atoms with Crippen molar-refractivity contribution in [2.24, 2.45) is 5.92 Å². The number of nitrogens with one attached hydrogen (secondary N) is 1. The molecule has 0 aromatic heterocycles. The highest BCUT2D eigenvalue weighted by Gasteiger charge is 2.38. The second-order valence-corrected chi connectivity index (χ2v) is 6.55. The smallest absolute Gasteiger partial charge is 0.228 e. The number of halogens is 3. The van der Waals surface area contributed by atoms with E-state index in [-0.39, 0.29) is 54.2 Å². The number of anilines is 1. The Morgan fingerprint density at radius 3 is 2.79 bits per heavy atom. The summed E-state index contributed by atoms with van der Waals surface area (Å²) in [7, 11) is 0. The molecule has 132 valence electrons. The van der Waals surface area contributed by atoms with Crippen LogP contribution >= 0.6 is 24.0 Å². The van der Waals surface area contributed by atoms with Gasteiger partial charge in [0.25, 0.3) is 0 Å². The summed E-state index contributed by atoms with van der Waals surface area (Å²) in [5, 5.41) is 3.30. The fourth-order valence-corrected chi connectivity index (χ4v) is 3.28. The third-order valence-corrected chi connectivity index (χ3v) is 4.68. The van der Waals surface area contributed by atoms with Crippen molar-refractivity contribution in [3.8, 4) is 0 Å². The van der Waals surface area contributed by atoms with Gasteiger partial charge in [-0.05, 0) is 25.1 Å². The molecule has 1 aromatic carbocycles. The Labute approximate surface area is 151 Å². The van der Waals surface area contributed by atoms with E-state index in [4.69, 9.17) is 11.6 Å². The van der Waals surface area contributed by atoms with E-state index in [0.29, 0.717) is 18.8 Å². The van der Waals surface area contributed by atoms with Gasteiger partial charge in [-0.2, -0.15) is 0 Å². The molecule has 0 aliphatic carbocycles. The van der Waals surface area contributed by atoms with Crippen molar-refractivity contribution < 1.29 is 14.0 Å². The quantitative estimate of drug-likeness (QED) is 0.860. The van der Waals surface area contributed by atoms with Crippen LogP contribution in [0.1, 0.15) is 13.3 Å². The predicted molar refractivity (Wildman–Crippen MR) is 93.2 cm³/mol. The van der Waals surface area contributed by atoms with E-state index in [1.807, 2.05) is 11.8 Å². The van der Waals surface area contributed by atoms with E-state index < -0.39 is 5.82 Å².